The summed E-state index contributed by atoms with van der Waals surface area (Å²) in [4.78, 5) is 15.0. The number of hydrogen-bond donors (Lipinski definition) is 1. The van der Waals surface area contributed by atoms with Crippen LogP contribution in [-0.2, 0) is 9.63 Å². The Morgan fingerprint density at radius 3 is 2.56 bits per heavy atom. The van der Waals surface area contributed by atoms with Crippen LogP contribution in [0.3, 0.4) is 0 Å². The standard InChI is InChI=1S/C6H13NO2/c1-5(2)4-6(8)9-7-3/h5,7H,4H2,1-3H3. The van der Waals surface area contributed by atoms with E-state index < -0.39 is 0 Å². The predicted molar refractivity (Wildman–Crippen MR) is 34.6 cm³/mol. The Labute approximate surface area is 55.3 Å². The van der Waals surface area contributed by atoms with Gasteiger partial charge in [0, 0.05) is 13.5 Å². The van der Waals surface area contributed by atoms with E-state index in [1.807, 2.05) is 13.8 Å². The van der Waals surface area contributed by atoms with Gasteiger partial charge in [0.15, 0.2) is 0 Å². The Morgan fingerprint density at radius 2 is 2.22 bits per heavy atom. The first-order chi connectivity index (χ1) is 4.16. The molecule has 0 rings (SSSR count). The molecule has 3 heteroatoms. The zero-order chi connectivity index (χ0) is 7.28. The molecule has 0 aliphatic carbocycles. The predicted octanol–water partition coefficient (Wildman–Crippen LogP) is 0.710. The zero-order valence-corrected chi connectivity index (χ0v) is 6.10. The molecule has 0 heterocycles. The van der Waals surface area contributed by atoms with E-state index in [4.69, 9.17) is 0 Å². The van der Waals surface area contributed by atoms with E-state index in [2.05, 4.69) is 10.3 Å². The van der Waals surface area contributed by atoms with Crippen molar-refractivity contribution in [3.63, 3.8) is 0 Å². The summed E-state index contributed by atoms with van der Waals surface area (Å²) in [6.07, 6.45) is 0.473. The maximum Gasteiger partial charge on any atom is 0.324 e. The number of carbonyl (C=O) groups excluding carboxylic acids is 1. The second-order valence-corrected chi connectivity index (χ2v) is 2.28. The van der Waals surface area contributed by atoms with Gasteiger partial charge in [-0.2, -0.15) is 5.48 Å². The number of nitrogens with one attached hydrogen (secondary N) is 1. The zero-order valence-electron chi connectivity index (χ0n) is 6.10. The van der Waals surface area contributed by atoms with Crippen LogP contribution in [-0.4, -0.2) is 13.0 Å². The van der Waals surface area contributed by atoms with E-state index in [9.17, 15) is 4.79 Å². The van der Waals surface area contributed by atoms with Gasteiger partial charge in [-0.1, -0.05) is 13.8 Å². The molecule has 54 valence electrons. The topological polar surface area (TPSA) is 38.3 Å². The van der Waals surface area contributed by atoms with Crippen LogP contribution in [0.5, 0.6) is 0 Å². The molecule has 0 saturated carbocycles. The van der Waals surface area contributed by atoms with Gasteiger partial charge in [-0.3, -0.25) is 4.79 Å². The SMILES string of the molecule is CNOC(=O)CC(C)C. The maximum absolute atomic E-state index is 10.6. The number of rotatable bonds is 3. The number of hydrogen-bond acceptors (Lipinski definition) is 3. The molecule has 0 radical (unpaired) electrons. The van der Waals surface area contributed by atoms with Crippen molar-refractivity contribution in [2.24, 2.45) is 5.92 Å². The van der Waals surface area contributed by atoms with Gasteiger partial charge in [0.05, 0.1) is 0 Å². The Kier molecular flexibility index (Phi) is 4.05. The second-order valence-electron chi connectivity index (χ2n) is 2.28. The van der Waals surface area contributed by atoms with Crippen LogP contribution in [0, 0.1) is 5.92 Å². The molecule has 0 aromatic heterocycles. The van der Waals surface area contributed by atoms with Crippen molar-refractivity contribution in [2.75, 3.05) is 7.05 Å². The molecule has 0 aliphatic rings. The normalized spacial score (nSPS) is 9.78. The van der Waals surface area contributed by atoms with Crippen molar-refractivity contribution >= 4 is 5.97 Å². The van der Waals surface area contributed by atoms with Gasteiger partial charge in [0.1, 0.15) is 0 Å². The molecule has 0 spiro atoms. The van der Waals surface area contributed by atoms with Crippen molar-refractivity contribution < 1.29 is 9.63 Å². The summed E-state index contributed by atoms with van der Waals surface area (Å²) in [6.45, 7) is 3.94. The minimum atomic E-state index is -0.201. The lowest BCUT2D eigenvalue weighted by Crippen LogP contribution is -2.16. The molecule has 0 saturated heterocycles. The van der Waals surface area contributed by atoms with Gasteiger partial charge in [-0.15, -0.1) is 0 Å². The van der Waals surface area contributed by atoms with Gasteiger partial charge in [-0.05, 0) is 5.92 Å². The Hall–Kier alpha value is -0.570. The van der Waals surface area contributed by atoms with Crippen LogP contribution < -0.4 is 5.48 Å². The highest BCUT2D eigenvalue weighted by atomic mass is 16.7. The lowest BCUT2D eigenvalue weighted by atomic mass is 10.1. The molecular formula is C6H13NO2. The lowest BCUT2D eigenvalue weighted by Gasteiger charge is -2.02. The van der Waals surface area contributed by atoms with Crippen LogP contribution in [0.25, 0.3) is 0 Å². The Bertz CT molecular complexity index is 91.1. The summed E-state index contributed by atoms with van der Waals surface area (Å²) in [7, 11) is 1.57. The smallest absolute Gasteiger partial charge is 0.324 e. The fourth-order valence-electron chi connectivity index (χ4n) is 0.489. The number of carbonyl (C=O) groups is 1. The van der Waals surface area contributed by atoms with Gasteiger partial charge in [-0.25, -0.2) is 0 Å². The average Bonchev–Trinajstić information content (AvgIpc) is 1.63. The molecule has 0 aromatic rings. The summed E-state index contributed by atoms with van der Waals surface area (Å²) in [5.74, 6) is 0.165. The summed E-state index contributed by atoms with van der Waals surface area (Å²) >= 11 is 0. The first-order valence-electron chi connectivity index (χ1n) is 3.03. The molecule has 0 fully saturated rings. The molecule has 3 nitrogen and oxygen atoms in total. The van der Waals surface area contributed by atoms with Crippen molar-refractivity contribution in [3.05, 3.63) is 0 Å². The molecule has 0 atom stereocenters. The van der Waals surface area contributed by atoms with E-state index in [0.717, 1.165) is 0 Å². The summed E-state index contributed by atoms with van der Waals surface area (Å²) in [5.41, 5.74) is 2.32. The van der Waals surface area contributed by atoms with Crippen molar-refractivity contribution in [3.8, 4) is 0 Å². The molecule has 1 N–H and O–H groups in total. The largest absolute Gasteiger partial charge is 0.371 e. The summed E-state index contributed by atoms with van der Waals surface area (Å²) in [6, 6.07) is 0. The third-order valence-electron chi connectivity index (χ3n) is 0.791. The summed E-state index contributed by atoms with van der Waals surface area (Å²) < 4.78 is 0. The highest BCUT2D eigenvalue weighted by Gasteiger charge is 2.03. The second kappa shape index (κ2) is 4.32. The van der Waals surface area contributed by atoms with Gasteiger partial charge < -0.3 is 4.84 Å². The highest BCUT2D eigenvalue weighted by Crippen LogP contribution is 1.98. The molecule has 0 aliphatic heterocycles. The van der Waals surface area contributed by atoms with E-state index in [0.29, 0.717) is 12.3 Å². The number of hydroxylamine groups is 1. The van der Waals surface area contributed by atoms with Crippen molar-refractivity contribution in [1.29, 1.82) is 0 Å². The Morgan fingerprint density at radius 1 is 1.67 bits per heavy atom. The van der Waals surface area contributed by atoms with Gasteiger partial charge in [0.2, 0.25) is 0 Å². The van der Waals surface area contributed by atoms with Gasteiger partial charge in [0.25, 0.3) is 0 Å². The molecular weight excluding hydrogens is 118 g/mol. The van der Waals surface area contributed by atoms with Crippen LogP contribution >= 0.6 is 0 Å². The minimum Gasteiger partial charge on any atom is -0.371 e. The monoisotopic (exact) mass is 131 g/mol. The first-order valence-corrected chi connectivity index (χ1v) is 3.03. The van der Waals surface area contributed by atoms with Crippen LogP contribution in [0.4, 0.5) is 0 Å². The van der Waals surface area contributed by atoms with Gasteiger partial charge >= 0.3 is 5.97 Å². The highest BCUT2D eigenvalue weighted by molar-refractivity contribution is 5.69. The lowest BCUT2D eigenvalue weighted by molar-refractivity contribution is -0.150. The molecule has 9 heavy (non-hydrogen) atoms. The van der Waals surface area contributed by atoms with Crippen molar-refractivity contribution in [2.45, 2.75) is 20.3 Å². The van der Waals surface area contributed by atoms with Crippen LogP contribution in [0.2, 0.25) is 0 Å². The quantitative estimate of drug-likeness (QED) is 0.573. The Balaban J connectivity index is 3.27. The first kappa shape index (κ1) is 8.43. The maximum atomic E-state index is 10.6. The molecule has 0 bridgehead atoms. The fraction of sp³-hybridized carbons (Fsp3) is 0.833. The molecule has 0 aromatic carbocycles. The molecule has 0 amide bonds. The van der Waals surface area contributed by atoms with Crippen LogP contribution in [0.15, 0.2) is 0 Å². The third kappa shape index (κ3) is 5.30. The van der Waals surface area contributed by atoms with E-state index in [1.165, 1.54) is 0 Å². The third-order valence-corrected chi connectivity index (χ3v) is 0.791. The van der Waals surface area contributed by atoms with E-state index >= 15 is 0 Å². The fourth-order valence-corrected chi connectivity index (χ4v) is 0.489. The van der Waals surface area contributed by atoms with Crippen LogP contribution in [0.1, 0.15) is 20.3 Å². The van der Waals surface area contributed by atoms with E-state index in [-0.39, 0.29) is 5.97 Å². The average molecular weight is 131 g/mol. The minimum absolute atomic E-state index is 0.201. The van der Waals surface area contributed by atoms with Crippen molar-refractivity contribution in [1.82, 2.24) is 5.48 Å². The summed E-state index contributed by atoms with van der Waals surface area (Å²) in [5, 5.41) is 0. The van der Waals surface area contributed by atoms with E-state index in [1.54, 1.807) is 7.05 Å². The molecule has 0 unspecified atom stereocenters.